The molecule has 0 saturated heterocycles. The van der Waals surface area contributed by atoms with Crippen molar-refractivity contribution in [3.8, 4) is 28.4 Å². The van der Waals surface area contributed by atoms with Crippen molar-refractivity contribution < 1.29 is 14.2 Å². The van der Waals surface area contributed by atoms with Crippen LogP contribution in [0.25, 0.3) is 11.1 Å². The summed E-state index contributed by atoms with van der Waals surface area (Å²) >= 11 is 0. The average Bonchev–Trinajstić information content (AvgIpc) is 2.53. The number of nitrogen functional groups attached to an aromatic ring is 1. The Balaban J connectivity index is 2.66. The van der Waals surface area contributed by atoms with Crippen molar-refractivity contribution in [2.24, 2.45) is 5.73 Å². The van der Waals surface area contributed by atoms with Crippen LogP contribution in [0.3, 0.4) is 0 Å². The largest absolute Gasteiger partial charge is 0.497 e. The summed E-state index contributed by atoms with van der Waals surface area (Å²) in [6.45, 7) is 0.406. The van der Waals surface area contributed by atoms with Gasteiger partial charge in [0.15, 0.2) is 11.5 Å². The van der Waals surface area contributed by atoms with E-state index in [9.17, 15) is 0 Å². The van der Waals surface area contributed by atoms with Crippen LogP contribution < -0.4 is 25.7 Å². The van der Waals surface area contributed by atoms with Crippen molar-refractivity contribution in [2.45, 2.75) is 6.54 Å². The fraction of sp³-hybridized carbons (Fsp3) is 0.250. The Morgan fingerprint density at radius 2 is 1.67 bits per heavy atom. The summed E-state index contributed by atoms with van der Waals surface area (Å²) in [5.41, 5.74) is 15.1. The van der Waals surface area contributed by atoms with E-state index < -0.39 is 0 Å². The Morgan fingerprint density at radius 1 is 0.905 bits per heavy atom. The van der Waals surface area contributed by atoms with Gasteiger partial charge in [0.05, 0.1) is 21.3 Å². The zero-order valence-corrected chi connectivity index (χ0v) is 12.5. The van der Waals surface area contributed by atoms with Crippen LogP contribution in [0.2, 0.25) is 0 Å². The quantitative estimate of drug-likeness (QED) is 0.826. The summed E-state index contributed by atoms with van der Waals surface area (Å²) in [7, 11) is 4.80. The predicted octanol–water partition coefficient (Wildman–Crippen LogP) is 2.42. The lowest BCUT2D eigenvalue weighted by molar-refractivity contribution is 0.355. The Kier molecular flexibility index (Phi) is 4.55. The van der Waals surface area contributed by atoms with Gasteiger partial charge >= 0.3 is 0 Å². The molecular weight excluding hydrogens is 268 g/mol. The molecule has 0 atom stereocenters. The van der Waals surface area contributed by atoms with Crippen LogP contribution in [-0.2, 0) is 6.54 Å². The molecule has 0 aliphatic heterocycles. The first-order valence-corrected chi connectivity index (χ1v) is 6.53. The molecule has 5 nitrogen and oxygen atoms in total. The smallest absolute Gasteiger partial charge is 0.168 e. The molecule has 0 aliphatic rings. The molecule has 0 saturated carbocycles. The van der Waals surface area contributed by atoms with Gasteiger partial charge in [-0.15, -0.1) is 0 Å². The normalized spacial score (nSPS) is 10.3. The van der Waals surface area contributed by atoms with Gasteiger partial charge < -0.3 is 25.7 Å². The third-order valence-corrected chi connectivity index (χ3v) is 3.32. The number of nitrogens with two attached hydrogens (primary N) is 2. The molecule has 21 heavy (non-hydrogen) atoms. The zero-order valence-electron chi connectivity index (χ0n) is 12.5. The molecule has 4 N–H and O–H groups in total. The lowest BCUT2D eigenvalue weighted by Gasteiger charge is -2.16. The van der Waals surface area contributed by atoms with Crippen molar-refractivity contribution in [2.75, 3.05) is 27.1 Å². The topological polar surface area (TPSA) is 79.7 Å². The van der Waals surface area contributed by atoms with Gasteiger partial charge in [-0.25, -0.2) is 0 Å². The molecule has 0 spiro atoms. The van der Waals surface area contributed by atoms with Gasteiger partial charge in [0, 0.05) is 29.4 Å². The minimum absolute atomic E-state index is 0.406. The third kappa shape index (κ3) is 2.87. The number of hydrogen-bond donors (Lipinski definition) is 2. The van der Waals surface area contributed by atoms with E-state index in [4.69, 9.17) is 25.7 Å². The summed E-state index contributed by atoms with van der Waals surface area (Å²) < 4.78 is 16.0. The second kappa shape index (κ2) is 6.37. The van der Waals surface area contributed by atoms with Gasteiger partial charge in [0.25, 0.3) is 0 Å². The number of ether oxygens (including phenoxy) is 3. The number of benzene rings is 2. The van der Waals surface area contributed by atoms with Crippen LogP contribution in [0, 0.1) is 0 Å². The first kappa shape index (κ1) is 15.0. The molecular formula is C16H20N2O3. The number of anilines is 1. The van der Waals surface area contributed by atoms with Crippen LogP contribution in [0.15, 0.2) is 30.3 Å². The standard InChI is InChI=1S/C16H20N2O3/c1-19-11-4-5-12(14(18)8-11)13-6-10(9-17)7-15(20-2)16(13)21-3/h4-8H,9,17-18H2,1-3H3. The first-order chi connectivity index (χ1) is 10.1. The SMILES string of the molecule is COc1ccc(-c2cc(CN)cc(OC)c2OC)c(N)c1. The fourth-order valence-corrected chi connectivity index (χ4v) is 2.25. The Hall–Kier alpha value is -2.40. The minimum atomic E-state index is 0.406. The summed E-state index contributed by atoms with van der Waals surface area (Å²) in [4.78, 5) is 0. The summed E-state index contributed by atoms with van der Waals surface area (Å²) in [5.74, 6) is 1.97. The second-order valence-electron chi connectivity index (χ2n) is 4.54. The monoisotopic (exact) mass is 288 g/mol. The molecule has 5 heteroatoms. The highest BCUT2D eigenvalue weighted by Crippen LogP contribution is 2.42. The van der Waals surface area contributed by atoms with Crippen LogP contribution in [0.4, 0.5) is 5.69 Å². The number of rotatable bonds is 5. The van der Waals surface area contributed by atoms with Crippen LogP contribution in [0.1, 0.15) is 5.56 Å². The van der Waals surface area contributed by atoms with E-state index in [0.717, 1.165) is 16.7 Å². The molecule has 0 bridgehead atoms. The number of methoxy groups -OCH3 is 3. The Labute approximate surface area is 124 Å². The van der Waals surface area contributed by atoms with Crippen molar-refractivity contribution in [3.63, 3.8) is 0 Å². The summed E-state index contributed by atoms with van der Waals surface area (Å²) in [6.07, 6.45) is 0. The van der Waals surface area contributed by atoms with E-state index in [-0.39, 0.29) is 0 Å². The number of hydrogen-bond acceptors (Lipinski definition) is 5. The van der Waals surface area contributed by atoms with E-state index >= 15 is 0 Å². The molecule has 0 aliphatic carbocycles. The highest BCUT2D eigenvalue weighted by Gasteiger charge is 2.16. The Morgan fingerprint density at radius 3 is 2.19 bits per heavy atom. The van der Waals surface area contributed by atoms with Gasteiger partial charge in [0.2, 0.25) is 0 Å². The van der Waals surface area contributed by atoms with Gasteiger partial charge in [0.1, 0.15) is 5.75 Å². The van der Waals surface area contributed by atoms with Crippen LogP contribution in [-0.4, -0.2) is 21.3 Å². The fourth-order valence-electron chi connectivity index (χ4n) is 2.25. The summed E-state index contributed by atoms with van der Waals surface area (Å²) in [5, 5.41) is 0. The van der Waals surface area contributed by atoms with Crippen LogP contribution in [0.5, 0.6) is 17.2 Å². The lowest BCUT2D eigenvalue weighted by Crippen LogP contribution is -2.01. The van der Waals surface area contributed by atoms with E-state index in [1.54, 1.807) is 27.4 Å². The van der Waals surface area contributed by atoms with Gasteiger partial charge in [-0.2, -0.15) is 0 Å². The van der Waals surface area contributed by atoms with Crippen molar-refractivity contribution >= 4 is 5.69 Å². The molecule has 0 heterocycles. The summed E-state index contributed by atoms with van der Waals surface area (Å²) in [6, 6.07) is 9.34. The predicted molar refractivity (Wildman–Crippen MR) is 83.8 cm³/mol. The molecule has 0 radical (unpaired) electrons. The molecule has 0 aromatic heterocycles. The second-order valence-corrected chi connectivity index (χ2v) is 4.54. The third-order valence-electron chi connectivity index (χ3n) is 3.32. The molecule has 2 aromatic rings. The Bertz CT molecular complexity index is 642. The van der Waals surface area contributed by atoms with Crippen molar-refractivity contribution in [1.29, 1.82) is 0 Å². The van der Waals surface area contributed by atoms with E-state index in [0.29, 0.717) is 29.5 Å². The van der Waals surface area contributed by atoms with Crippen molar-refractivity contribution in [1.82, 2.24) is 0 Å². The van der Waals surface area contributed by atoms with E-state index in [1.807, 2.05) is 24.3 Å². The molecule has 0 fully saturated rings. The first-order valence-electron chi connectivity index (χ1n) is 6.53. The highest BCUT2D eigenvalue weighted by molar-refractivity contribution is 5.83. The van der Waals surface area contributed by atoms with E-state index in [2.05, 4.69) is 0 Å². The molecule has 2 rings (SSSR count). The van der Waals surface area contributed by atoms with Crippen molar-refractivity contribution in [3.05, 3.63) is 35.9 Å². The minimum Gasteiger partial charge on any atom is -0.497 e. The molecule has 2 aromatic carbocycles. The van der Waals surface area contributed by atoms with E-state index in [1.165, 1.54) is 0 Å². The van der Waals surface area contributed by atoms with Crippen LogP contribution >= 0.6 is 0 Å². The maximum atomic E-state index is 6.13. The molecule has 112 valence electrons. The molecule has 0 unspecified atom stereocenters. The lowest BCUT2D eigenvalue weighted by atomic mass is 9.99. The zero-order chi connectivity index (χ0) is 15.4. The van der Waals surface area contributed by atoms with Gasteiger partial charge in [-0.3, -0.25) is 0 Å². The van der Waals surface area contributed by atoms with Gasteiger partial charge in [-0.05, 0) is 29.8 Å². The maximum Gasteiger partial charge on any atom is 0.168 e. The van der Waals surface area contributed by atoms with Gasteiger partial charge in [-0.1, -0.05) is 0 Å². The highest BCUT2D eigenvalue weighted by atomic mass is 16.5. The maximum absolute atomic E-state index is 6.13. The molecule has 0 amide bonds. The average molecular weight is 288 g/mol.